The van der Waals surface area contributed by atoms with Gasteiger partial charge in [-0.25, -0.2) is 0 Å². The molecule has 3 N–H and O–H groups in total. The molecule has 1 saturated carbocycles. The molecule has 7 nitrogen and oxygen atoms in total. The van der Waals surface area contributed by atoms with Gasteiger partial charge in [0.1, 0.15) is 0 Å². The molecule has 1 unspecified atom stereocenters. The average Bonchev–Trinajstić information content (AvgIpc) is 3.22. The minimum absolute atomic E-state index is 0.000383. The minimum atomic E-state index is -0.500. The van der Waals surface area contributed by atoms with E-state index in [4.69, 9.17) is 0 Å². The number of aliphatic hydroxyl groups is 1. The summed E-state index contributed by atoms with van der Waals surface area (Å²) in [5.41, 5.74) is 1.47. The van der Waals surface area contributed by atoms with E-state index in [1.165, 1.54) is 12.1 Å². The van der Waals surface area contributed by atoms with Crippen molar-refractivity contribution in [2.75, 3.05) is 6.54 Å². The van der Waals surface area contributed by atoms with Crippen LogP contribution in [-0.2, 0) is 11.2 Å². The molecular weight excluding hydrogens is 310 g/mol. The zero-order valence-corrected chi connectivity index (χ0v) is 13.3. The molecule has 1 aromatic carbocycles. The highest BCUT2D eigenvalue weighted by atomic mass is 16.6. The fourth-order valence-electron chi connectivity index (χ4n) is 3.39. The molecule has 3 rings (SSSR count). The molecule has 1 aliphatic carbocycles. The lowest BCUT2D eigenvalue weighted by Crippen LogP contribution is -2.36. The Hall–Kier alpha value is -2.41. The molecule has 0 radical (unpaired) electrons. The highest BCUT2D eigenvalue weighted by Gasteiger charge is 2.23. The Bertz CT molecular complexity index is 749. The van der Waals surface area contributed by atoms with E-state index in [0.717, 1.165) is 31.2 Å². The summed E-state index contributed by atoms with van der Waals surface area (Å²) in [7, 11) is 0. The topological polar surface area (TPSA) is 108 Å². The van der Waals surface area contributed by atoms with Gasteiger partial charge in [-0.3, -0.25) is 14.9 Å². The molecular formula is C17H21N3O4. The molecule has 1 heterocycles. The number of aliphatic hydroxyl groups excluding tert-OH is 1. The molecule has 1 amide bonds. The van der Waals surface area contributed by atoms with Gasteiger partial charge in [0.25, 0.3) is 5.69 Å². The Morgan fingerprint density at radius 3 is 2.88 bits per heavy atom. The molecule has 24 heavy (non-hydrogen) atoms. The number of carbonyl (C=O) groups is 1. The first-order chi connectivity index (χ1) is 11.5. The Balaban J connectivity index is 1.62. The summed E-state index contributed by atoms with van der Waals surface area (Å²) in [6, 6.07) is 4.54. The van der Waals surface area contributed by atoms with Gasteiger partial charge >= 0.3 is 0 Å². The van der Waals surface area contributed by atoms with E-state index in [-0.39, 0.29) is 30.5 Å². The van der Waals surface area contributed by atoms with Gasteiger partial charge in [0.2, 0.25) is 5.91 Å². The monoisotopic (exact) mass is 331 g/mol. The summed E-state index contributed by atoms with van der Waals surface area (Å²) in [5.74, 6) is 0.0838. The second kappa shape index (κ2) is 7.00. The normalized spacial score (nSPS) is 16.4. The van der Waals surface area contributed by atoms with E-state index < -0.39 is 11.0 Å². The summed E-state index contributed by atoms with van der Waals surface area (Å²) in [5, 5.41) is 24.4. The van der Waals surface area contributed by atoms with Gasteiger partial charge in [-0.15, -0.1) is 0 Å². The number of amides is 1. The summed E-state index contributed by atoms with van der Waals surface area (Å²) in [4.78, 5) is 25.6. The number of aromatic nitrogens is 1. The van der Waals surface area contributed by atoms with Gasteiger partial charge in [-0.2, -0.15) is 0 Å². The zero-order chi connectivity index (χ0) is 17.1. The lowest BCUT2D eigenvalue weighted by Gasteiger charge is -2.17. The maximum Gasteiger partial charge on any atom is 0.270 e. The van der Waals surface area contributed by atoms with Crippen molar-refractivity contribution in [2.24, 2.45) is 5.92 Å². The fraction of sp³-hybridized carbons (Fsp3) is 0.471. The second-order valence-electron chi connectivity index (χ2n) is 6.39. The summed E-state index contributed by atoms with van der Waals surface area (Å²) in [6.07, 6.45) is 5.64. The van der Waals surface area contributed by atoms with E-state index in [9.17, 15) is 20.0 Å². The Labute approximate surface area is 139 Å². The third kappa shape index (κ3) is 3.56. The zero-order valence-electron chi connectivity index (χ0n) is 13.3. The van der Waals surface area contributed by atoms with Crippen molar-refractivity contribution in [3.8, 4) is 0 Å². The molecule has 2 aromatic rings. The van der Waals surface area contributed by atoms with E-state index in [1.807, 2.05) is 0 Å². The van der Waals surface area contributed by atoms with E-state index >= 15 is 0 Å². The first-order valence-electron chi connectivity index (χ1n) is 8.24. The van der Waals surface area contributed by atoms with Gasteiger partial charge in [-0.1, -0.05) is 12.8 Å². The number of nitrogens with one attached hydrogen (secondary N) is 2. The third-order valence-electron chi connectivity index (χ3n) is 4.77. The van der Waals surface area contributed by atoms with Gasteiger partial charge in [-0.05, 0) is 30.4 Å². The van der Waals surface area contributed by atoms with Crippen LogP contribution in [0.4, 0.5) is 5.69 Å². The average molecular weight is 331 g/mol. The summed E-state index contributed by atoms with van der Waals surface area (Å²) < 4.78 is 0. The number of carbonyl (C=O) groups excluding carboxylic acids is 1. The van der Waals surface area contributed by atoms with E-state index in [0.29, 0.717) is 10.9 Å². The number of benzene rings is 1. The van der Waals surface area contributed by atoms with Crippen molar-refractivity contribution in [3.05, 3.63) is 40.1 Å². The molecule has 1 aliphatic rings. The van der Waals surface area contributed by atoms with E-state index in [2.05, 4.69) is 10.3 Å². The van der Waals surface area contributed by atoms with Crippen LogP contribution in [0.1, 0.15) is 31.2 Å². The maximum atomic E-state index is 12.1. The number of H-pyrrole nitrogens is 1. The van der Waals surface area contributed by atoms with Crippen molar-refractivity contribution >= 4 is 22.5 Å². The van der Waals surface area contributed by atoms with E-state index in [1.54, 1.807) is 12.3 Å². The van der Waals surface area contributed by atoms with Crippen LogP contribution in [0.2, 0.25) is 0 Å². The molecule has 1 aromatic heterocycles. The first-order valence-corrected chi connectivity index (χ1v) is 8.24. The van der Waals surface area contributed by atoms with Crippen LogP contribution in [0.15, 0.2) is 24.4 Å². The number of nitro groups is 1. The van der Waals surface area contributed by atoms with Gasteiger partial charge in [0.15, 0.2) is 0 Å². The molecule has 1 fully saturated rings. The highest BCUT2D eigenvalue weighted by Crippen LogP contribution is 2.27. The minimum Gasteiger partial charge on any atom is -0.391 e. The number of nitro benzene ring substituents is 1. The fourth-order valence-corrected chi connectivity index (χ4v) is 3.39. The predicted molar refractivity (Wildman–Crippen MR) is 89.6 cm³/mol. The molecule has 0 saturated heterocycles. The number of nitrogens with zero attached hydrogens (tertiary/aromatic N) is 1. The number of non-ortho nitro benzene ring substituents is 1. The van der Waals surface area contributed by atoms with Gasteiger partial charge in [0.05, 0.1) is 17.4 Å². The van der Waals surface area contributed by atoms with Crippen LogP contribution < -0.4 is 5.32 Å². The number of fused-ring (bicyclic) bond motifs is 1. The Morgan fingerprint density at radius 2 is 2.17 bits per heavy atom. The van der Waals surface area contributed by atoms with Crippen LogP contribution in [0, 0.1) is 16.0 Å². The van der Waals surface area contributed by atoms with Crippen LogP contribution in [0.3, 0.4) is 0 Å². The smallest absolute Gasteiger partial charge is 0.270 e. The van der Waals surface area contributed by atoms with Gasteiger partial charge < -0.3 is 15.4 Å². The molecule has 0 bridgehead atoms. The molecule has 128 valence electrons. The van der Waals surface area contributed by atoms with Crippen molar-refractivity contribution < 1.29 is 14.8 Å². The molecule has 7 heteroatoms. The second-order valence-corrected chi connectivity index (χ2v) is 6.39. The third-order valence-corrected chi connectivity index (χ3v) is 4.77. The standard InChI is InChI=1S/C17H21N3O4/c21-16(11-3-1-2-4-11)10-19-17(22)7-12-9-18-15-6-5-13(20(23)24)8-14(12)15/h5-6,8-9,11,16,18,21H,1-4,7,10H2,(H,19,22). The summed E-state index contributed by atoms with van der Waals surface area (Å²) in [6.45, 7) is 0.256. The van der Waals surface area contributed by atoms with Crippen LogP contribution in [0.25, 0.3) is 10.9 Å². The number of rotatable bonds is 6. The van der Waals surface area contributed by atoms with Crippen molar-refractivity contribution in [1.82, 2.24) is 10.3 Å². The maximum absolute atomic E-state index is 12.1. The molecule has 0 aliphatic heterocycles. The van der Waals surface area contributed by atoms with Crippen LogP contribution >= 0.6 is 0 Å². The molecule has 0 spiro atoms. The SMILES string of the molecule is O=C(Cc1c[nH]c2ccc([N+](=O)[O-])cc12)NCC(O)C1CCCC1. The van der Waals surface area contributed by atoms with Crippen molar-refractivity contribution in [1.29, 1.82) is 0 Å². The quantitative estimate of drug-likeness (QED) is 0.557. The Kier molecular flexibility index (Phi) is 4.80. The Morgan fingerprint density at radius 1 is 1.42 bits per heavy atom. The lowest BCUT2D eigenvalue weighted by atomic mass is 10.0. The van der Waals surface area contributed by atoms with Crippen molar-refractivity contribution in [3.63, 3.8) is 0 Å². The van der Waals surface area contributed by atoms with Crippen molar-refractivity contribution in [2.45, 2.75) is 38.2 Å². The number of hydrogen-bond donors (Lipinski definition) is 3. The highest BCUT2D eigenvalue weighted by molar-refractivity contribution is 5.90. The molecule has 1 atom stereocenters. The summed E-state index contributed by atoms with van der Waals surface area (Å²) >= 11 is 0. The lowest BCUT2D eigenvalue weighted by molar-refractivity contribution is -0.384. The van der Waals surface area contributed by atoms with Crippen LogP contribution in [0.5, 0.6) is 0 Å². The van der Waals surface area contributed by atoms with Crippen LogP contribution in [-0.4, -0.2) is 33.6 Å². The first kappa shape index (κ1) is 16.4. The largest absolute Gasteiger partial charge is 0.391 e. The number of aromatic amines is 1. The van der Waals surface area contributed by atoms with Gasteiger partial charge in [0, 0.05) is 35.8 Å². The predicted octanol–water partition coefficient (Wildman–Crippen LogP) is 2.29. The number of hydrogen-bond acceptors (Lipinski definition) is 4.